The van der Waals surface area contributed by atoms with Gasteiger partial charge >= 0.3 is 6.85 Å². The van der Waals surface area contributed by atoms with Crippen molar-refractivity contribution in [1.29, 1.82) is 0 Å². The highest BCUT2D eigenvalue weighted by molar-refractivity contribution is 6.94. The summed E-state index contributed by atoms with van der Waals surface area (Å²) < 4.78 is 0. The molecule has 2 heterocycles. The van der Waals surface area contributed by atoms with Gasteiger partial charge in [0, 0.05) is 44.8 Å². The lowest BCUT2D eigenvalue weighted by Gasteiger charge is -2.47. The van der Waals surface area contributed by atoms with E-state index in [1.807, 2.05) is 0 Å². The minimum Gasteiger partial charge on any atom is -0.376 e. The van der Waals surface area contributed by atoms with E-state index in [9.17, 15) is 0 Å². The second-order valence-electron chi connectivity index (χ2n) is 21.0. The molecule has 4 aliphatic rings. The molecule has 0 N–H and O–H groups in total. The zero-order chi connectivity index (χ0) is 43.6. The van der Waals surface area contributed by atoms with E-state index in [4.69, 9.17) is 0 Å². The van der Waals surface area contributed by atoms with E-state index >= 15 is 0 Å². The average Bonchev–Trinajstić information content (AvgIpc) is 3.66. The van der Waals surface area contributed by atoms with Crippen LogP contribution in [0.25, 0.3) is 54.9 Å². The van der Waals surface area contributed by atoms with Crippen LogP contribution in [0.4, 0.5) is 28.4 Å². The van der Waals surface area contributed by atoms with Crippen molar-refractivity contribution in [1.82, 2.24) is 0 Å². The molecule has 2 aliphatic carbocycles. The first kappa shape index (κ1) is 37.7. The Bertz CT molecular complexity index is 3530. The second-order valence-corrected chi connectivity index (χ2v) is 21.0. The summed E-state index contributed by atoms with van der Waals surface area (Å²) in [5.41, 5.74) is 24.8. The van der Waals surface area contributed by atoms with E-state index in [0.717, 1.165) is 0 Å². The molecule has 0 aromatic heterocycles. The normalized spacial score (nSPS) is 15.7. The molecule has 64 heavy (non-hydrogen) atoms. The Morgan fingerprint density at radius 1 is 0.453 bits per heavy atom. The molecule has 9 aromatic carbocycles. The zero-order valence-electron chi connectivity index (χ0n) is 38.1. The van der Waals surface area contributed by atoms with Crippen LogP contribution in [-0.2, 0) is 16.2 Å². The van der Waals surface area contributed by atoms with E-state index in [1.54, 1.807) is 0 Å². The highest BCUT2D eigenvalue weighted by atomic mass is 15.2. The van der Waals surface area contributed by atoms with Gasteiger partial charge in [0.1, 0.15) is 0 Å². The van der Waals surface area contributed by atoms with Gasteiger partial charge in [0.25, 0.3) is 0 Å². The molecule has 2 aliphatic heterocycles. The van der Waals surface area contributed by atoms with Crippen molar-refractivity contribution in [2.75, 3.05) is 9.71 Å². The number of hydrogen-bond donors (Lipinski definition) is 0. The van der Waals surface area contributed by atoms with Crippen LogP contribution in [0, 0.1) is 6.92 Å². The number of hydrogen-bond acceptors (Lipinski definition) is 2. The molecular formula is C61H51BN2. The molecule has 13 rings (SSSR count). The fourth-order valence-corrected chi connectivity index (χ4v) is 12.4. The maximum atomic E-state index is 2.72. The number of nitrogens with zero attached hydrogens (tertiary/aromatic N) is 2. The highest BCUT2D eigenvalue weighted by Crippen LogP contribution is 2.56. The summed E-state index contributed by atoms with van der Waals surface area (Å²) in [6.07, 6.45) is 0. The largest absolute Gasteiger partial charge is 0.376 e. The van der Waals surface area contributed by atoms with Crippen molar-refractivity contribution in [3.8, 4) is 33.4 Å². The Morgan fingerprint density at radius 2 is 1.05 bits per heavy atom. The van der Waals surface area contributed by atoms with Crippen LogP contribution in [-0.4, -0.2) is 6.85 Å². The van der Waals surface area contributed by atoms with Crippen LogP contribution in [0.3, 0.4) is 0 Å². The standard InChI is InChI=1S/C61H51BN2/c1-36-29-40(59(2,3)4)25-28-53(36)63-55-35-51-46(44-22-14-16-24-49(44)61(51,7)8)34-52(55)62-58-56(63)32-39-19-11-12-20-42(39)57(58)47-30-37-17-9-10-18-38(37)31-54(47)64(62)41-26-27-50-45(33-41)43-21-13-15-23-48(43)60(50,5)6/h9-35H,1-8H3. The smallest absolute Gasteiger partial charge is 0.333 e. The first-order valence-electron chi connectivity index (χ1n) is 23.1. The molecule has 0 saturated heterocycles. The minimum atomic E-state index is -0.162. The summed E-state index contributed by atoms with van der Waals surface area (Å²) in [6.45, 7) is 18.8. The molecule has 308 valence electrons. The van der Waals surface area contributed by atoms with E-state index in [1.165, 1.54) is 128 Å². The Hall–Kier alpha value is -6.84. The van der Waals surface area contributed by atoms with Crippen LogP contribution in [0.2, 0.25) is 0 Å². The van der Waals surface area contributed by atoms with Crippen LogP contribution >= 0.6 is 0 Å². The quantitative estimate of drug-likeness (QED) is 0.160. The summed E-state index contributed by atoms with van der Waals surface area (Å²) in [6, 6.07) is 63.4. The van der Waals surface area contributed by atoms with Crippen LogP contribution < -0.4 is 20.6 Å². The monoisotopic (exact) mass is 822 g/mol. The van der Waals surface area contributed by atoms with Gasteiger partial charge in [-0.3, -0.25) is 0 Å². The molecule has 0 bridgehead atoms. The SMILES string of the molecule is Cc1cc(C(C)(C)C)ccc1N1c2cc3c(cc2B2c4c1cc1ccccc1c4-c1cc4ccccc4cc1N2c1ccc2c(c1)-c1ccccc1C2(C)C)-c1ccccc1C3(C)C. The highest BCUT2D eigenvalue weighted by Gasteiger charge is 2.48. The van der Waals surface area contributed by atoms with Gasteiger partial charge in [-0.25, -0.2) is 0 Å². The van der Waals surface area contributed by atoms with Crippen molar-refractivity contribution < 1.29 is 0 Å². The zero-order valence-corrected chi connectivity index (χ0v) is 38.1. The predicted molar refractivity (Wildman–Crippen MR) is 274 cm³/mol. The van der Waals surface area contributed by atoms with Gasteiger partial charge in [0.2, 0.25) is 0 Å². The number of fused-ring (bicyclic) bond motifs is 13. The van der Waals surface area contributed by atoms with Crippen molar-refractivity contribution in [3.05, 3.63) is 197 Å². The van der Waals surface area contributed by atoms with Crippen molar-refractivity contribution in [3.63, 3.8) is 0 Å². The summed E-state index contributed by atoms with van der Waals surface area (Å²) in [4.78, 5) is 5.37. The molecule has 0 fully saturated rings. The van der Waals surface area contributed by atoms with Crippen LogP contribution in [0.5, 0.6) is 0 Å². The first-order chi connectivity index (χ1) is 30.8. The fraction of sp³-hybridized carbons (Fsp3) is 0.180. The molecule has 0 spiro atoms. The van der Waals surface area contributed by atoms with Gasteiger partial charge in [-0.05, 0) is 148 Å². The molecule has 0 amide bonds. The Kier molecular flexibility index (Phi) is 7.46. The fourth-order valence-electron chi connectivity index (χ4n) is 12.4. The van der Waals surface area contributed by atoms with Gasteiger partial charge < -0.3 is 9.71 Å². The summed E-state index contributed by atoms with van der Waals surface area (Å²) in [5, 5.41) is 5.05. The summed E-state index contributed by atoms with van der Waals surface area (Å²) in [5.74, 6) is 0. The lowest BCUT2D eigenvalue weighted by Crippen LogP contribution is -2.61. The third-order valence-corrected chi connectivity index (χ3v) is 15.6. The molecule has 0 saturated carbocycles. The molecule has 0 radical (unpaired) electrons. The van der Waals surface area contributed by atoms with E-state index in [2.05, 4.69) is 229 Å². The van der Waals surface area contributed by atoms with E-state index < -0.39 is 0 Å². The first-order valence-corrected chi connectivity index (χ1v) is 23.1. The molecule has 2 nitrogen and oxygen atoms in total. The predicted octanol–water partition coefficient (Wildman–Crippen LogP) is 14.9. The van der Waals surface area contributed by atoms with E-state index in [-0.39, 0.29) is 23.1 Å². The molecule has 3 heteroatoms. The van der Waals surface area contributed by atoms with Crippen molar-refractivity contribution in [2.24, 2.45) is 0 Å². The molecule has 0 atom stereocenters. The van der Waals surface area contributed by atoms with Gasteiger partial charge in [0.05, 0.1) is 0 Å². The average molecular weight is 823 g/mol. The van der Waals surface area contributed by atoms with Crippen LogP contribution in [0.1, 0.15) is 81.8 Å². The molecular weight excluding hydrogens is 771 g/mol. The van der Waals surface area contributed by atoms with E-state index in [0.29, 0.717) is 0 Å². The van der Waals surface area contributed by atoms with Gasteiger partial charge in [-0.2, -0.15) is 0 Å². The third kappa shape index (κ3) is 4.93. The maximum Gasteiger partial charge on any atom is 0.333 e. The number of aryl methyl sites for hydroxylation is 1. The Morgan fingerprint density at radius 3 is 1.75 bits per heavy atom. The van der Waals surface area contributed by atoms with Gasteiger partial charge in [-0.15, -0.1) is 0 Å². The summed E-state index contributed by atoms with van der Waals surface area (Å²) >= 11 is 0. The molecule has 0 unspecified atom stereocenters. The molecule has 9 aromatic rings. The number of anilines is 5. The lowest BCUT2D eigenvalue weighted by molar-refractivity contribution is 0.590. The van der Waals surface area contributed by atoms with Gasteiger partial charge in [-0.1, -0.05) is 170 Å². The minimum absolute atomic E-state index is 0.0332. The van der Waals surface area contributed by atoms with Crippen molar-refractivity contribution >= 4 is 67.8 Å². The van der Waals surface area contributed by atoms with Gasteiger partial charge in [0.15, 0.2) is 0 Å². The number of benzene rings is 9. The Balaban J connectivity index is 1.19. The number of rotatable bonds is 2. The maximum absolute atomic E-state index is 2.72. The third-order valence-electron chi connectivity index (χ3n) is 15.6. The second kappa shape index (κ2) is 12.7. The van der Waals surface area contributed by atoms with Crippen molar-refractivity contribution in [2.45, 2.75) is 71.6 Å². The van der Waals surface area contributed by atoms with Crippen LogP contribution in [0.15, 0.2) is 164 Å². The summed E-state index contributed by atoms with van der Waals surface area (Å²) in [7, 11) is 0. The topological polar surface area (TPSA) is 6.48 Å². The Labute approximate surface area is 377 Å². The lowest BCUT2D eigenvalue weighted by atomic mass is 9.43.